The monoisotopic (exact) mass is 248 g/mol. The molecule has 1 aromatic rings. The summed E-state index contributed by atoms with van der Waals surface area (Å²) < 4.78 is 17.3. The minimum Gasteiger partial charge on any atom is -0.462 e. The predicted octanol–water partition coefficient (Wildman–Crippen LogP) is 3.49. The highest BCUT2D eigenvalue weighted by atomic mass is 16.7. The summed E-state index contributed by atoms with van der Waals surface area (Å²) in [5.41, 5.74) is -0.584. The minimum atomic E-state index is -0.315. The summed E-state index contributed by atoms with van der Waals surface area (Å²) in [5, 5.41) is 0. The number of aryl methyl sites for hydroxylation is 1. The molecule has 1 aliphatic heterocycles. The lowest BCUT2D eigenvalue weighted by molar-refractivity contribution is 0.00578. The summed E-state index contributed by atoms with van der Waals surface area (Å²) in [6.45, 7) is 10.2. The van der Waals surface area contributed by atoms with Gasteiger partial charge in [-0.25, -0.2) is 0 Å². The maximum Gasteiger partial charge on any atom is 0.487 e. The molecule has 4 heteroatoms. The van der Waals surface area contributed by atoms with Gasteiger partial charge in [0.1, 0.15) is 11.5 Å². The van der Waals surface area contributed by atoms with Gasteiger partial charge in [0, 0.05) is 6.42 Å². The van der Waals surface area contributed by atoms with Gasteiger partial charge in [-0.05, 0) is 45.9 Å². The summed E-state index contributed by atoms with van der Waals surface area (Å²) in [7, 11) is -0.315. The molecule has 0 unspecified atom stereocenters. The van der Waals surface area contributed by atoms with Crippen LogP contribution in [0.4, 0.5) is 0 Å². The summed E-state index contributed by atoms with van der Waals surface area (Å²) in [6, 6.07) is 3.95. The second kappa shape index (κ2) is 4.59. The Morgan fingerprint density at radius 1 is 1.11 bits per heavy atom. The lowest BCUT2D eigenvalue weighted by Crippen LogP contribution is -2.41. The molecule has 0 aromatic carbocycles. The molecule has 1 aliphatic rings. The molecule has 18 heavy (non-hydrogen) atoms. The van der Waals surface area contributed by atoms with Gasteiger partial charge >= 0.3 is 7.12 Å². The van der Waals surface area contributed by atoms with Crippen molar-refractivity contribution in [1.29, 1.82) is 0 Å². The molecular formula is C14H21BO3. The van der Waals surface area contributed by atoms with Crippen LogP contribution in [0.15, 0.2) is 22.5 Å². The zero-order valence-corrected chi connectivity index (χ0v) is 11.8. The maximum absolute atomic E-state index is 5.87. The molecule has 2 rings (SSSR count). The van der Waals surface area contributed by atoms with Gasteiger partial charge in [0.2, 0.25) is 0 Å². The lowest BCUT2D eigenvalue weighted by Gasteiger charge is -2.32. The Labute approximate surface area is 109 Å². The topological polar surface area (TPSA) is 31.6 Å². The molecule has 1 aromatic heterocycles. The Balaban J connectivity index is 2.03. The molecule has 0 spiro atoms. The molecule has 0 radical (unpaired) electrons. The molecule has 0 N–H and O–H groups in total. The third-order valence-electron chi connectivity index (χ3n) is 3.72. The molecule has 0 saturated carbocycles. The van der Waals surface area contributed by atoms with E-state index in [0.717, 1.165) is 17.9 Å². The van der Waals surface area contributed by atoms with E-state index in [-0.39, 0.29) is 18.3 Å². The van der Waals surface area contributed by atoms with Crippen molar-refractivity contribution in [2.45, 2.75) is 52.2 Å². The van der Waals surface area contributed by atoms with Gasteiger partial charge in [0.25, 0.3) is 0 Å². The lowest BCUT2D eigenvalue weighted by atomic mass is 9.90. The van der Waals surface area contributed by atoms with Crippen LogP contribution in [-0.4, -0.2) is 18.3 Å². The van der Waals surface area contributed by atoms with Crippen molar-refractivity contribution >= 4 is 13.2 Å². The standard InChI is InChI=1S/C14H21BO3/c1-6-11-7-8-12(16-11)9-10-15-17-13(2,3)14(4,5)18-15/h7-10H,6H2,1-5H3/b10-9+. The molecule has 2 heterocycles. The van der Waals surface area contributed by atoms with E-state index in [1.165, 1.54) is 0 Å². The molecule has 0 bridgehead atoms. The second-order valence-corrected chi connectivity index (χ2v) is 5.64. The Hall–Kier alpha value is -0.995. The van der Waals surface area contributed by atoms with Crippen molar-refractivity contribution in [3.05, 3.63) is 29.6 Å². The van der Waals surface area contributed by atoms with Crippen LogP contribution in [0.5, 0.6) is 0 Å². The van der Waals surface area contributed by atoms with E-state index < -0.39 is 0 Å². The zero-order chi connectivity index (χ0) is 13.4. The van der Waals surface area contributed by atoms with Crippen molar-refractivity contribution in [3.63, 3.8) is 0 Å². The first-order valence-corrected chi connectivity index (χ1v) is 6.46. The highest BCUT2D eigenvalue weighted by Gasteiger charge is 2.50. The third-order valence-corrected chi connectivity index (χ3v) is 3.72. The van der Waals surface area contributed by atoms with E-state index in [9.17, 15) is 0 Å². The first-order valence-electron chi connectivity index (χ1n) is 6.46. The quantitative estimate of drug-likeness (QED) is 0.767. The van der Waals surface area contributed by atoms with E-state index >= 15 is 0 Å². The number of rotatable bonds is 3. The van der Waals surface area contributed by atoms with Crippen LogP contribution in [-0.2, 0) is 15.7 Å². The fourth-order valence-electron chi connectivity index (χ4n) is 1.81. The smallest absolute Gasteiger partial charge is 0.462 e. The van der Waals surface area contributed by atoms with E-state index in [0.29, 0.717) is 0 Å². The normalized spacial score (nSPS) is 21.9. The van der Waals surface area contributed by atoms with E-state index in [1.807, 2.05) is 51.9 Å². The van der Waals surface area contributed by atoms with Crippen LogP contribution >= 0.6 is 0 Å². The van der Waals surface area contributed by atoms with Crippen LogP contribution in [0, 0.1) is 0 Å². The largest absolute Gasteiger partial charge is 0.487 e. The van der Waals surface area contributed by atoms with Crippen LogP contribution in [0.1, 0.15) is 46.1 Å². The molecular weight excluding hydrogens is 227 g/mol. The fourth-order valence-corrected chi connectivity index (χ4v) is 1.81. The summed E-state index contributed by atoms with van der Waals surface area (Å²) >= 11 is 0. The molecule has 0 amide bonds. The summed E-state index contributed by atoms with van der Waals surface area (Å²) in [6.07, 6.45) is 2.81. The number of hydrogen-bond acceptors (Lipinski definition) is 3. The molecule has 1 saturated heterocycles. The SMILES string of the molecule is CCc1ccc(/C=C/B2OC(C)(C)C(C)(C)O2)o1. The van der Waals surface area contributed by atoms with E-state index in [4.69, 9.17) is 13.7 Å². The highest BCUT2D eigenvalue weighted by Crippen LogP contribution is 2.37. The molecule has 0 aliphatic carbocycles. The average molecular weight is 248 g/mol. The maximum atomic E-state index is 5.87. The van der Waals surface area contributed by atoms with Crippen molar-refractivity contribution in [2.75, 3.05) is 0 Å². The van der Waals surface area contributed by atoms with Gasteiger partial charge in [-0.15, -0.1) is 0 Å². The first-order chi connectivity index (χ1) is 8.34. The molecule has 0 atom stereocenters. The van der Waals surface area contributed by atoms with E-state index in [1.54, 1.807) is 0 Å². The second-order valence-electron chi connectivity index (χ2n) is 5.64. The van der Waals surface area contributed by atoms with Crippen LogP contribution in [0.2, 0.25) is 0 Å². The zero-order valence-electron chi connectivity index (χ0n) is 11.8. The van der Waals surface area contributed by atoms with Crippen LogP contribution < -0.4 is 0 Å². The van der Waals surface area contributed by atoms with Crippen molar-refractivity contribution < 1.29 is 13.7 Å². The van der Waals surface area contributed by atoms with E-state index in [2.05, 4.69) is 6.92 Å². The van der Waals surface area contributed by atoms with Crippen molar-refractivity contribution in [3.8, 4) is 0 Å². The summed E-state index contributed by atoms with van der Waals surface area (Å²) in [5.74, 6) is 3.72. The van der Waals surface area contributed by atoms with Crippen LogP contribution in [0.25, 0.3) is 6.08 Å². The fraction of sp³-hybridized carbons (Fsp3) is 0.571. The first kappa shape index (κ1) is 13.4. The Morgan fingerprint density at radius 3 is 2.22 bits per heavy atom. The summed E-state index contributed by atoms with van der Waals surface area (Å²) in [4.78, 5) is 0. The van der Waals surface area contributed by atoms with Gasteiger partial charge in [0.05, 0.1) is 11.2 Å². The van der Waals surface area contributed by atoms with Gasteiger partial charge in [0.15, 0.2) is 0 Å². The Bertz CT molecular complexity index is 430. The average Bonchev–Trinajstić information content (AvgIpc) is 2.79. The number of hydrogen-bond donors (Lipinski definition) is 0. The Kier molecular flexibility index (Phi) is 3.43. The van der Waals surface area contributed by atoms with Gasteiger partial charge in [-0.1, -0.05) is 12.9 Å². The molecule has 3 nitrogen and oxygen atoms in total. The van der Waals surface area contributed by atoms with Gasteiger partial charge in [-0.3, -0.25) is 0 Å². The number of furan rings is 1. The minimum absolute atomic E-state index is 0.292. The Morgan fingerprint density at radius 2 is 1.72 bits per heavy atom. The van der Waals surface area contributed by atoms with Crippen molar-refractivity contribution in [2.24, 2.45) is 0 Å². The molecule has 98 valence electrons. The van der Waals surface area contributed by atoms with Gasteiger partial charge < -0.3 is 13.7 Å². The third kappa shape index (κ3) is 2.55. The van der Waals surface area contributed by atoms with Gasteiger partial charge in [-0.2, -0.15) is 0 Å². The predicted molar refractivity (Wildman–Crippen MR) is 73.2 cm³/mol. The highest BCUT2D eigenvalue weighted by molar-refractivity contribution is 6.52. The van der Waals surface area contributed by atoms with Crippen molar-refractivity contribution in [1.82, 2.24) is 0 Å². The van der Waals surface area contributed by atoms with Crippen LogP contribution in [0.3, 0.4) is 0 Å². The molecule has 1 fully saturated rings.